The Kier molecular flexibility index (Phi) is 5.38. The summed E-state index contributed by atoms with van der Waals surface area (Å²) in [6.07, 6.45) is 5.26. The van der Waals surface area contributed by atoms with Gasteiger partial charge in [0.15, 0.2) is 0 Å². The van der Waals surface area contributed by atoms with Gasteiger partial charge >= 0.3 is 6.03 Å². The summed E-state index contributed by atoms with van der Waals surface area (Å²) in [5.74, 6) is 0.185. The predicted molar refractivity (Wildman–Crippen MR) is 102 cm³/mol. The largest absolute Gasteiger partial charge is 0.365 e. The summed E-state index contributed by atoms with van der Waals surface area (Å²) in [6, 6.07) is 8.84. The van der Waals surface area contributed by atoms with Gasteiger partial charge in [-0.05, 0) is 42.9 Å². The Balaban J connectivity index is 1.79. The Bertz CT molecular complexity index is 770. The molecule has 1 aromatic carbocycles. The molecule has 25 heavy (non-hydrogen) atoms. The number of hydrogen-bond donors (Lipinski definition) is 3. The number of anilines is 2. The van der Waals surface area contributed by atoms with Crippen molar-refractivity contribution in [1.29, 1.82) is 0 Å². The number of amides is 3. The molecule has 5 nitrogen and oxygen atoms in total. The summed E-state index contributed by atoms with van der Waals surface area (Å²) in [7, 11) is 0. The predicted octanol–water partition coefficient (Wildman–Crippen LogP) is 4.40. The molecule has 0 bridgehead atoms. The number of nitrogens with one attached hydrogen (secondary N) is 2. The van der Waals surface area contributed by atoms with Crippen LogP contribution in [0.3, 0.4) is 0 Å². The molecular weight excluding hydrogens is 334 g/mol. The molecule has 0 unspecified atom stereocenters. The molecule has 3 amide bonds. The van der Waals surface area contributed by atoms with Gasteiger partial charge in [0, 0.05) is 10.6 Å². The number of urea groups is 1. The fourth-order valence-electron chi connectivity index (χ4n) is 3.44. The highest BCUT2D eigenvalue weighted by Gasteiger charge is 2.28. The monoisotopic (exact) mass is 357 g/mol. The minimum Gasteiger partial charge on any atom is -0.365 e. The first-order valence-electron chi connectivity index (χ1n) is 8.65. The van der Waals surface area contributed by atoms with Gasteiger partial charge in [0.25, 0.3) is 5.91 Å². The van der Waals surface area contributed by atoms with E-state index in [0.29, 0.717) is 22.2 Å². The molecule has 1 aliphatic rings. The molecule has 0 radical (unpaired) electrons. The van der Waals surface area contributed by atoms with E-state index < -0.39 is 5.91 Å². The second-order valence-electron chi connectivity index (χ2n) is 6.41. The van der Waals surface area contributed by atoms with E-state index in [0.717, 1.165) is 24.8 Å². The second kappa shape index (κ2) is 7.70. The number of benzene rings is 1. The van der Waals surface area contributed by atoms with Crippen molar-refractivity contribution >= 4 is 34.0 Å². The van der Waals surface area contributed by atoms with Crippen LogP contribution < -0.4 is 16.4 Å². The SMILES string of the molecule is CCC[C@@H]1CCc2c(sc(NC(=O)Nc3ccccc3)c2C(N)=O)C1. The van der Waals surface area contributed by atoms with Crippen molar-refractivity contribution in [3.8, 4) is 0 Å². The summed E-state index contributed by atoms with van der Waals surface area (Å²) < 4.78 is 0. The number of nitrogens with two attached hydrogens (primary N) is 1. The summed E-state index contributed by atoms with van der Waals surface area (Å²) in [4.78, 5) is 25.4. The summed E-state index contributed by atoms with van der Waals surface area (Å²) in [5.41, 5.74) is 7.81. The Labute approximate surface area is 151 Å². The quantitative estimate of drug-likeness (QED) is 0.741. The minimum atomic E-state index is -0.471. The van der Waals surface area contributed by atoms with Gasteiger partial charge in [-0.1, -0.05) is 38.0 Å². The van der Waals surface area contributed by atoms with E-state index in [9.17, 15) is 9.59 Å². The van der Waals surface area contributed by atoms with Crippen molar-refractivity contribution < 1.29 is 9.59 Å². The van der Waals surface area contributed by atoms with Crippen LogP contribution in [0.1, 0.15) is 47.0 Å². The van der Waals surface area contributed by atoms with Crippen LogP contribution in [0.2, 0.25) is 0 Å². The van der Waals surface area contributed by atoms with E-state index in [1.54, 1.807) is 0 Å². The van der Waals surface area contributed by atoms with Crippen molar-refractivity contribution in [3.63, 3.8) is 0 Å². The van der Waals surface area contributed by atoms with Crippen molar-refractivity contribution in [1.82, 2.24) is 0 Å². The lowest BCUT2D eigenvalue weighted by molar-refractivity contribution is 0.1000. The molecule has 132 valence electrons. The van der Waals surface area contributed by atoms with Gasteiger partial charge in [-0.3, -0.25) is 10.1 Å². The lowest BCUT2D eigenvalue weighted by Crippen LogP contribution is -2.22. The van der Waals surface area contributed by atoms with Crippen LogP contribution in [-0.4, -0.2) is 11.9 Å². The second-order valence-corrected chi connectivity index (χ2v) is 7.52. The molecule has 1 heterocycles. The Hall–Kier alpha value is -2.34. The Morgan fingerprint density at radius 3 is 2.68 bits per heavy atom. The number of carbonyl (C=O) groups is 2. The van der Waals surface area contributed by atoms with Gasteiger partial charge < -0.3 is 11.1 Å². The van der Waals surface area contributed by atoms with Gasteiger partial charge in [0.1, 0.15) is 5.00 Å². The summed E-state index contributed by atoms with van der Waals surface area (Å²) in [5, 5.41) is 6.14. The average Bonchev–Trinajstić information content (AvgIpc) is 2.93. The third-order valence-corrected chi connectivity index (χ3v) is 5.74. The highest BCUT2D eigenvalue weighted by atomic mass is 32.1. The normalized spacial score (nSPS) is 16.1. The molecule has 0 saturated carbocycles. The Morgan fingerprint density at radius 1 is 1.24 bits per heavy atom. The average molecular weight is 357 g/mol. The van der Waals surface area contributed by atoms with Gasteiger partial charge in [0.05, 0.1) is 5.56 Å². The summed E-state index contributed by atoms with van der Waals surface area (Å²) in [6.45, 7) is 2.19. The maximum atomic E-state index is 12.3. The van der Waals surface area contributed by atoms with E-state index in [1.807, 2.05) is 30.3 Å². The third kappa shape index (κ3) is 4.02. The van der Waals surface area contributed by atoms with Gasteiger partial charge in [-0.2, -0.15) is 0 Å². The first kappa shape index (κ1) is 17.5. The zero-order chi connectivity index (χ0) is 17.8. The fourth-order valence-corrected chi connectivity index (χ4v) is 4.81. The van der Waals surface area contributed by atoms with E-state index >= 15 is 0 Å². The molecule has 0 fully saturated rings. The van der Waals surface area contributed by atoms with Crippen molar-refractivity contribution in [2.24, 2.45) is 11.7 Å². The molecule has 0 spiro atoms. The maximum Gasteiger partial charge on any atom is 0.324 e. The Morgan fingerprint density at radius 2 is 2.00 bits per heavy atom. The molecule has 0 aliphatic heterocycles. The van der Waals surface area contributed by atoms with Crippen LogP contribution in [0, 0.1) is 5.92 Å². The number of thiophene rings is 1. The standard InChI is InChI=1S/C19H23N3O2S/c1-2-6-12-9-10-14-15(11-12)25-18(16(14)17(20)23)22-19(24)21-13-7-4-3-5-8-13/h3-5,7-8,12H,2,6,9-11H2,1H3,(H2,20,23)(H2,21,22,24)/t12-/m1/s1. The maximum absolute atomic E-state index is 12.3. The van der Waals surface area contributed by atoms with Crippen molar-refractivity contribution in [3.05, 3.63) is 46.3 Å². The van der Waals surface area contributed by atoms with Crippen LogP contribution in [0.15, 0.2) is 30.3 Å². The zero-order valence-electron chi connectivity index (χ0n) is 14.3. The molecule has 1 aliphatic carbocycles. The topological polar surface area (TPSA) is 84.2 Å². The molecule has 0 saturated heterocycles. The molecular formula is C19H23N3O2S. The highest BCUT2D eigenvalue weighted by Crippen LogP contribution is 2.40. The highest BCUT2D eigenvalue weighted by molar-refractivity contribution is 7.17. The van der Waals surface area contributed by atoms with E-state index in [-0.39, 0.29) is 6.03 Å². The van der Waals surface area contributed by atoms with Crippen LogP contribution >= 0.6 is 11.3 Å². The van der Waals surface area contributed by atoms with Crippen LogP contribution in [0.5, 0.6) is 0 Å². The smallest absolute Gasteiger partial charge is 0.324 e. The number of hydrogen-bond acceptors (Lipinski definition) is 3. The number of carbonyl (C=O) groups excluding carboxylic acids is 2. The van der Waals surface area contributed by atoms with Crippen LogP contribution in [0.25, 0.3) is 0 Å². The van der Waals surface area contributed by atoms with Crippen LogP contribution in [-0.2, 0) is 12.8 Å². The molecule has 6 heteroatoms. The number of fused-ring (bicyclic) bond motifs is 1. The van der Waals surface area contributed by atoms with Crippen molar-refractivity contribution in [2.45, 2.75) is 39.0 Å². The number of rotatable bonds is 5. The van der Waals surface area contributed by atoms with E-state index in [4.69, 9.17) is 5.73 Å². The molecule has 1 aromatic heterocycles. The first-order valence-corrected chi connectivity index (χ1v) is 9.47. The molecule has 2 aromatic rings. The molecule has 1 atom stereocenters. The van der Waals surface area contributed by atoms with E-state index in [1.165, 1.54) is 29.1 Å². The first-order chi connectivity index (χ1) is 12.1. The van der Waals surface area contributed by atoms with E-state index in [2.05, 4.69) is 17.6 Å². The van der Waals surface area contributed by atoms with Crippen molar-refractivity contribution in [2.75, 3.05) is 10.6 Å². The molecule has 3 rings (SSSR count). The lowest BCUT2D eigenvalue weighted by atomic mass is 9.84. The van der Waals surface area contributed by atoms with Gasteiger partial charge in [-0.25, -0.2) is 4.79 Å². The van der Waals surface area contributed by atoms with Crippen LogP contribution in [0.4, 0.5) is 15.5 Å². The lowest BCUT2D eigenvalue weighted by Gasteiger charge is -2.21. The van der Waals surface area contributed by atoms with Gasteiger partial charge in [-0.15, -0.1) is 11.3 Å². The number of primary amides is 1. The number of para-hydroxylation sites is 1. The summed E-state index contributed by atoms with van der Waals surface area (Å²) >= 11 is 1.49. The van der Waals surface area contributed by atoms with Gasteiger partial charge in [0.2, 0.25) is 0 Å². The third-order valence-electron chi connectivity index (χ3n) is 4.57. The zero-order valence-corrected chi connectivity index (χ0v) is 15.1. The fraction of sp³-hybridized carbons (Fsp3) is 0.368. The molecule has 4 N–H and O–H groups in total. The minimum absolute atomic E-state index is 0.364.